The zero-order chi connectivity index (χ0) is 14.8. The van der Waals surface area contributed by atoms with Gasteiger partial charge in [0, 0.05) is 30.9 Å². The second kappa shape index (κ2) is 6.49. The molecule has 1 aliphatic heterocycles. The molecule has 1 aromatic carbocycles. The maximum Gasteiger partial charge on any atom is 0.261 e. The van der Waals surface area contributed by atoms with E-state index >= 15 is 0 Å². The molecule has 0 saturated carbocycles. The molecule has 0 unspecified atom stereocenters. The van der Waals surface area contributed by atoms with Crippen LogP contribution in [-0.4, -0.2) is 34.3 Å². The number of benzene rings is 1. The smallest absolute Gasteiger partial charge is 0.261 e. The maximum absolute atomic E-state index is 12.2. The van der Waals surface area contributed by atoms with E-state index in [2.05, 4.69) is 4.98 Å². The van der Waals surface area contributed by atoms with E-state index < -0.39 is 0 Å². The quantitative estimate of drug-likeness (QED) is 0.874. The summed E-state index contributed by atoms with van der Waals surface area (Å²) in [5, 5.41) is 0. The zero-order valence-corrected chi connectivity index (χ0v) is 11.4. The highest BCUT2D eigenvalue weighted by Crippen LogP contribution is 2.22. The van der Waals surface area contributed by atoms with Gasteiger partial charge in [-0.15, -0.1) is 0 Å². The van der Waals surface area contributed by atoms with Crippen LogP contribution in [0.1, 0.15) is 33.8 Å². The molecule has 22 heavy (non-hydrogen) atoms. The minimum atomic E-state index is -0.331. The summed E-state index contributed by atoms with van der Waals surface area (Å²) in [6.07, 6.45) is 2.22. The third-order valence-corrected chi connectivity index (χ3v) is 3.49. The van der Waals surface area contributed by atoms with Gasteiger partial charge in [0.15, 0.2) is 0 Å². The van der Waals surface area contributed by atoms with Crippen LogP contribution in [0.5, 0.6) is 0 Å². The maximum atomic E-state index is 12.2. The van der Waals surface area contributed by atoms with Gasteiger partial charge >= 0.3 is 0 Å². The molecule has 0 bridgehead atoms. The van der Waals surface area contributed by atoms with Crippen LogP contribution in [0, 0.1) is 0 Å². The molecule has 3 rings (SSSR count). The first kappa shape index (κ1) is 15.9. The van der Waals surface area contributed by atoms with Crippen molar-refractivity contribution in [1.82, 2.24) is 9.88 Å². The monoisotopic (exact) mass is 297 g/mol. The number of pyridine rings is 1. The van der Waals surface area contributed by atoms with Gasteiger partial charge in [-0.2, -0.15) is 0 Å². The first-order valence-corrected chi connectivity index (χ1v) is 6.77. The number of aromatic nitrogens is 1. The van der Waals surface area contributed by atoms with E-state index in [9.17, 15) is 9.59 Å². The summed E-state index contributed by atoms with van der Waals surface area (Å²) in [5.41, 5.74) is 7.81. The molecule has 0 saturated heterocycles. The molecule has 2 heterocycles. The van der Waals surface area contributed by atoms with Gasteiger partial charge in [0.25, 0.3) is 11.8 Å². The van der Waals surface area contributed by atoms with E-state index in [1.807, 2.05) is 18.2 Å². The number of imide groups is 1. The lowest BCUT2D eigenvalue weighted by atomic mass is 10.1. The van der Waals surface area contributed by atoms with Gasteiger partial charge < -0.3 is 5.73 Å². The Hall–Kier alpha value is -2.53. The van der Waals surface area contributed by atoms with E-state index in [1.165, 1.54) is 4.90 Å². The Morgan fingerprint density at radius 3 is 2.14 bits per heavy atom. The summed E-state index contributed by atoms with van der Waals surface area (Å²) in [5.74, 6) is -0.542. The third kappa shape index (κ3) is 2.89. The Morgan fingerprint density at radius 1 is 1.00 bits per heavy atom. The number of hydrogen-bond acceptors (Lipinski definition) is 4. The number of nitrogens with zero attached hydrogens (tertiary/aromatic N) is 2. The highest BCUT2D eigenvalue weighted by Gasteiger charge is 2.35. The lowest BCUT2D eigenvalue weighted by Gasteiger charge is -2.19. The molecule has 114 valence electrons. The molecular weight excluding hydrogens is 278 g/mol. The summed E-state index contributed by atoms with van der Waals surface area (Å²) in [6, 6.07) is 12.1. The van der Waals surface area contributed by atoms with Crippen LogP contribution in [0.4, 0.5) is 0 Å². The van der Waals surface area contributed by atoms with Crippen LogP contribution in [0.15, 0.2) is 48.7 Å². The fourth-order valence-electron chi connectivity index (χ4n) is 2.49. The van der Waals surface area contributed by atoms with E-state index in [4.69, 9.17) is 5.73 Å². The SMILES string of the molecule is C.N[C@H](Cc1ccccn1)CN1C(=O)c2ccccc2C1=O. The fourth-order valence-corrected chi connectivity index (χ4v) is 2.49. The van der Waals surface area contributed by atoms with Gasteiger partial charge in [-0.1, -0.05) is 25.6 Å². The van der Waals surface area contributed by atoms with Crippen LogP contribution in [0.25, 0.3) is 0 Å². The first-order chi connectivity index (χ1) is 10.2. The number of rotatable bonds is 4. The van der Waals surface area contributed by atoms with Gasteiger partial charge in [0.2, 0.25) is 0 Å². The van der Waals surface area contributed by atoms with Gasteiger partial charge in [0.05, 0.1) is 11.1 Å². The predicted octanol–water partition coefficient (Wildman–Crippen LogP) is 1.88. The first-order valence-electron chi connectivity index (χ1n) is 6.77. The van der Waals surface area contributed by atoms with Gasteiger partial charge in [-0.3, -0.25) is 19.5 Å². The topological polar surface area (TPSA) is 76.3 Å². The zero-order valence-electron chi connectivity index (χ0n) is 11.4. The molecule has 2 aromatic rings. The summed E-state index contributed by atoms with van der Waals surface area (Å²) in [7, 11) is 0. The molecule has 5 heteroatoms. The number of nitrogens with two attached hydrogens (primary N) is 1. The standard InChI is InChI=1S/C16H15N3O2.CH4/c17-11(9-12-5-3-4-8-18-12)10-19-15(20)13-6-1-2-7-14(13)16(19)21;/h1-8,11H,9-10,17H2;1H4/t11-;/m1./s1. The normalized spacial score (nSPS) is 14.5. The van der Waals surface area contributed by atoms with Crippen LogP contribution < -0.4 is 5.73 Å². The Kier molecular flexibility index (Phi) is 4.68. The molecule has 0 spiro atoms. The molecule has 1 atom stereocenters. The Balaban J connectivity index is 0.00000176. The molecule has 0 fully saturated rings. The lowest BCUT2D eigenvalue weighted by Crippen LogP contribution is -2.42. The number of amides is 2. The van der Waals surface area contributed by atoms with Crippen molar-refractivity contribution in [3.8, 4) is 0 Å². The highest BCUT2D eigenvalue weighted by molar-refractivity contribution is 6.21. The third-order valence-electron chi connectivity index (χ3n) is 3.49. The molecular formula is C17H19N3O2. The molecule has 2 N–H and O–H groups in total. The largest absolute Gasteiger partial charge is 0.326 e. The van der Waals surface area contributed by atoms with E-state index in [-0.39, 0.29) is 31.8 Å². The summed E-state index contributed by atoms with van der Waals surface area (Å²) < 4.78 is 0. The highest BCUT2D eigenvalue weighted by atomic mass is 16.2. The Labute approximate surface area is 129 Å². The molecule has 1 aromatic heterocycles. The minimum Gasteiger partial charge on any atom is -0.326 e. The van der Waals surface area contributed by atoms with Crippen LogP contribution in [0.2, 0.25) is 0 Å². The van der Waals surface area contributed by atoms with Crippen LogP contribution in [-0.2, 0) is 6.42 Å². The predicted molar refractivity (Wildman–Crippen MR) is 84.5 cm³/mol. The van der Waals surface area contributed by atoms with E-state index in [1.54, 1.807) is 30.5 Å². The van der Waals surface area contributed by atoms with Crippen molar-refractivity contribution in [3.05, 3.63) is 65.5 Å². The molecule has 2 amide bonds. The average Bonchev–Trinajstić information content (AvgIpc) is 2.74. The van der Waals surface area contributed by atoms with Crippen LogP contribution >= 0.6 is 0 Å². The van der Waals surface area contributed by atoms with Gasteiger partial charge in [-0.25, -0.2) is 0 Å². The van der Waals surface area contributed by atoms with E-state index in [0.717, 1.165) is 5.69 Å². The lowest BCUT2D eigenvalue weighted by molar-refractivity contribution is 0.0644. The molecule has 5 nitrogen and oxygen atoms in total. The second-order valence-electron chi connectivity index (χ2n) is 5.05. The van der Waals surface area contributed by atoms with Crippen molar-refractivity contribution in [2.24, 2.45) is 5.73 Å². The van der Waals surface area contributed by atoms with Gasteiger partial charge in [0.1, 0.15) is 0 Å². The number of carbonyl (C=O) groups is 2. The van der Waals surface area contributed by atoms with Crippen LogP contribution in [0.3, 0.4) is 0 Å². The fraction of sp³-hybridized carbons (Fsp3) is 0.235. The van der Waals surface area contributed by atoms with Crippen molar-refractivity contribution < 1.29 is 9.59 Å². The summed E-state index contributed by atoms with van der Waals surface area (Å²) in [6.45, 7) is 0.197. The molecule has 0 radical (unpaired) electrons. The van der Waals surface area contributed by atoms with Crippen molar-refractivity contribution >= 4 is 11.8 Å². The summed E-state index contributed by atoms with van der Waals surface area (Å²) in [4.78, 5) is 29.9. The number of carbonyl (C=O) groups excluding carboxylic acids is 2. The average molecular weight is 297 g/mol. The van der Waals surface area contributed by atoms with E-state index in [0.29, 0.717) is 17.5 Å². The van der Waals surface area contributed by atoms with Crippen molar-refractivity contribution in [2.45, 2.75) is 19.9 Å². The van der Waals surface area contributed by atoms with Crippen molar-refractivity contribution in [3.63, 3.8) is 0 Å². The number of fused-ring (bicyclic) bond motifs is 1. The molecule has 1 aliphatic rings. The minimum absolute atomic E-state index is 0. The summed E-state index contributed by atoms with van der Waals surface area (Å²) >= 11 is 0. The van der Waals surface area contributed by atoms with Crippen molar-refractivity contribution in [2.75, 3.05) is 6.54 Å². The number of hydrogen-bond donors (Lipinski definition) is 1. The van der Waals surface area contributed by atoms with Gasteiger partial charge in [-0.05, 0) is 24.3 Å². The van der Waals surface area contributed by atoms with Crippen molar-refractivity contribution in [1.29, 1.82) is 0 Å². The molecule has 0 aliphatic carbocycles. The Morgan fingerprint density at radius 2 is 1.59 bits per heavy atom. The Bertz CT molecular complexity index is 650. The second-order valence-corrected chi connectivity index (χ2v) is 5.05.